The Balaban J connectivity index is 1.95. The van der Waals surface area contributed by atoms with E-state index in [1.165, 1.54) is 24.4 Å². The molecule has 3 rings (SSSR count). The zero-order valence-electron chi connectivity index (χ0n) is 12.5. The number of fused-ring (bicyclic) bond motifs is 1. The molecule has 2 heterocycles. The van der Waals surface area contributed by atoms with Crippen molar-refractivity contribution >= 4 is 11.7 Å². The molecule has 0 saturated carbocycles. The van der Waals surface area contributed by atoms with Crippen LogP contribution in [0.1, 0.15) is 28.6 Å². The number of carbonyl (C=O) groups is 1. The molecule has 0 bridgehead atoms. The van der Waals surface area contributed by atoms with Gasteiger partial charge in [-0.15, -0.1) is 0 Å². The molecule has 0 radical (unpaired) electrons. The summed E-state index contributed by atoms with van der Waals surface area (Å²) in [6.45, 7) is 1.64. The first kappa shape index (κ1) is 16.0. The Morgan fingerprint density at radius 2 is 2.00 bits per heavy atom. The number of rotatable bonds is 2. The van der Waals surface area contributed by atoms with Crippen molar-refractivity contribution in [2.24, 2.45) is 0 Å². The summed E-state index contributed by atoms with van der Waals surface area (Å²) in [5.74, 6) is 0.473. The summed E-state index contributed by atoms with van der Waals surface area (Å²) in [5.41, 5.74) is 0.678. The molecule has 0 spiro atoms. The zero-order valence-corrected chi connectivity index (χ0v) is 12.5. The zero-order chi connectivity index (χ0) is 17.5. The largest absolute Gasteiger partial charge is 0.413 e. The Bertz CT molecular complexity index is 861. The lowest BCUT2D eigenvalue weighted by molar-refractivity contribution is -0.155. The summed E-state index contributed by atoms with van der Waals surface area (Å²) in [6, 6.07) is 1.25. The smallest absolute Gasteiger partial charge is 0.322 e. The van der Waals surface area contributed by atoms with Crippen molar-refractivity contribution in [2.45, 2.75) is 25.6 Å². The molecular weight excluding hydrogens is 325 g/mol. The molecular formula is C15H13F3N4O2. The molecule has 2 amide bonds. The highest BCUT2D eigenvalue weighted by Gasteiger charge is 2.45. The molecule has 0 fully saturated rings. The number of benzene rings is 1. The van der Waals surface area contributed by atoms with Crippen molar-refractivity contribution in [1.29, 1.82) is 0 Å². The van der Waals surface area contributed by atoms with Gasteiger partial charge in [0.2, 0.25) is 0 Å². The molecule has 126 valence electrons. The summed E-state index contributed by atoms with van der Waals surface area (Å²) in [7, 11) is 0. The predicted octanol–water partition coefficient (Wildman–Crippen LogP) is 2.41. The van der Waals surface area contributed by atoms with Crippen molar-refractivity contribution in [3.8, 4) is 0 Å². The fraction of sp³-hybridized carbons (Fsp3) is 0.267. The number of aromatic amines is 1. The monoisotopic (exact) mass is 338 g/mol. The average molecular weight is 338 g/mol. The summed E-state index contributed by atoms with van der Waals surface area (Å²) >= 11 is 0. The molecule has 1 aliphatic heterocycles. The van der Waals surface area contributed by atoms with E-state index >= 15 is 0 Å². The lowest BCUT2D eigenvalue weighted by Gasteiger charge is -2.29. The highest BCUT2D eigenvalue weighted by Crippen LogP contribution is 2.38. The summed E-state index contributed by atoms with van der Waals surface area (Å²) in [4.78, 5) is 29.9. The van der Waals surface area contributed by atoms with E-state index in [9.17, 15) is 22.8 Å². The lowest BCUT2D eigenvalue weighted by Crippen LogP contribution is -2.44. The van der Waals surface area contributed by atoms with Crippen molar-refractivity contribution in [3.05, 3.63) is 57.3 Å². The number of hydrogen-bond donors (Lipinski definition) is 3. The van der Waals surface area contributed by atoms with Crippen molar-refractivity contribution in [3.63, 3.8) is 0 Å². The molecule has 9 heteroatoms. The number of hydrogen-bond acceptors (Lipinski definition) is 3. The van der Waals surface area contributed by atoms with Gasteiger partial charge in [0.05, 0.1) is 0 Å². The first-order valence-corrected chi connectivity index (χ1v) is 7.06. The molecule has 1 atom stereocenters. The molecule has 2 aromatic rings. The van der Waals surface area contributed by atoms with Gasteiger partial charge < -0.3 is 15.6 Å². The first-order valence-electron chi connectivity index (χ1n) is 7.06. The molecule has 0 saturated heterocycles. The van der Waals surface area contributed by atoms with Gasteiger partial charge in [-0.2, -0.15) is 13.2 Å². The predicted molar refractivity (Wildman–Crippen MR) is 79.8 cm³/mol. The van der Waals surface area contributed by atoms with Crippen LogP contribution in [0, 0.1) is 6.92 Å². The van der Waals surface area contributed by atoms with Crippen LogP contribution in [0.4, 0.5) is 23.7 Å². The Hall–Kier alpha value is -2.84. The average Bonchev–Trinajstić information content (AvgIpc) is 2.48. The van der Waals surface area contributed by atoms with E-state index < -0.39 is 18.2 Å². The summed E-state index contributed by atoms with van der Waals surface area (Å²) in [6.07, 6.45) is -2.98. The first-order chi connectivity index (χ1) is 11.2. The Labute approximate surface area is 134 Å². The van der Waals surface area contributed by atoms with Crippen LogP contribution in [0.5, 0.6) is 0 Å². The number of H-pyrrole nitrogens is 1. The van der Waals surface area contributed by atoms with Gasteiger partial charge >= 0.3 is 12.2 Å². The maximum atomic E-state index is 13.0. The molecule has 1 unspecified atom stereocenters. The van der Waals surface area contributed by atoms with Gasteiger partial charge in [-0.25, -0.2) is 9.78 Å². The third-order valence-electron chi connectivity index (χ3n) is 3.67. The molecule has 0 aliphatic carbocycles. The summed E-state index contributed by atoms with van der Waals surface area (Å²) in [5, 5.41) is 4.22. The minimum absolute atomic E-state index is 0.0678. The molecule has 1 aromatic carbocycles. The van der Waals surface area contributed by atoms with Gasteiger partial charge in [-0.1, -0.05) is 12.1 Å². The van der Waals surface area contributed by atoms with E-state index in [0.717, 1.165) is 0 Å². The topological polar surface area (TPSA) is 86.9 Å². The van der Waals surface area contributed by atoms with E-state index in [1.54, 1.807) is 6.92 Å². The highest BCUT2D eigenvalue weighted by atomic mass is 19.4. The Kier molecular flexibility index (Phi) is 3.78. The number of urea groups is 1. The van der Waals surface area contributed by atoms with Crippen LogP contribution in [0.15, 0.2) is 29.2 Å². The van der Waals surface area contributed by atoms with Gasteiger partial charge in [-0.05, 0) is 18.6 Å². The van der Waals surface area contributed by atoms with Crippen LogP contribution in [-0.2, 0) is 6.42 Å². The van der Waals surface area contributed by atoms with E-state index in [-0.39, 0.29) is 23.2 Å². The van der Waals surface area contributed by atoms with Crippen molar-refractivity contribution in [1.82, 2.24) is 15.3 Å². The van der Waals surface area contributed by atoms with Crippen LogP contribution in [0.25, 0.3) is 0 Å². The third kappa shape index (κ3) is 3.10. The van der Waals surface area contributed by atoms with E-state index in [1.807, 2.05) is 5.32 Å². The van der Waals surface area contributed by atoms with E-state index in [4.69, 9.17) is 0 Å². The van der Waals surface area contributed by atoms with Crippen LogP contribution in [-0.4, -0.2) is 22.2 Å². The fourth-order valence-corrected chi connectivity index (χ4v) is 2.55. The van der Waals surface area contributed by atoms with Gasteiger partial charge in [0, 0.05) is 29.4 Å². The van der Waals surface area contributed by atoms with Crippen molar-refractivity contribution in [2.75, 3.05) is 5.32 Å². The second-order valence-corrected chi connectivity index (χ2v) is 5.49. The number of halogens is 3. The maximum Gasteiger partial charge on any atom is 0.413 e. The number of amides is 2. The molecule has 6 nitrogen and oxygen atoms in total. The van der Waals surface area contributed by atoms with Crippen LogP contribution >= 0.6 is 0 Å². The molecule has 3 N–H and O–H groups in total. The SMILES string of the molecule is Cc1ncc(Cc2ccc3c(c2)NC(=O)NC3C(F)(F)F)c(=O)[nH]1. The lowest BCUT2D eigenvalue weighted by atomic mass is 9.97. The molecule has 24 heavy (non-hydrogen) atoms. The number of alkyl halides is 3. The van der Waals surface area contributed by atoms with Crippen LogP contribution in [0.2, 0.25) is 0 Å². The summed E-state index contributed by atoms with van der Waals surface area (Å²) < 4.78 is 39.1. The number of anilines is 1. The molecule has 1 aliphatic rings. The third-order valence-corrected chi connectivity index (χ3v) is 3.67. The number of nitrogens with zero attached hydrogens (tertiary/aromatic N) is 1. The van der Waals surface area contributed by atoms with Gasteiger partial charge in [-0.3, -0.25) is 4.79 Å². The second kappa shape index (κ2) is 5.66. The van der Waals surface area contributed by atoms with E-state index in [0.29, 0.717) is 17.0 Å². The maximum absolute atomic E-state index is 13.0. The number of aromatic nitrogens is 2. The normalized spacial score (nSPS) is 17.0. The van der Waals surface area contributed by atoms with Gasteiger partial charge in [0.15, 0.2) is 6.04 Å². The minimum Gasteiger partial charge on any atom is -0.322 e. The molecule has 1 aromatic heterocycles. The minimum atomic E-state index is -4.59. The standard InChI is InChI=1S/C15H13F3N4O2/c1-7-19-6-9(13(23)20-7)4-8-2-3-10-11(5-8)21-14(24)22-12(10)15(16,17)18/h2-3,5-6,12H,4H2,1H3,(H,19,20,23)(H2,21,22,24). The van der Waals surface area contributed by atoms with Gasteiger partial charge in [0.1, 0.15) is 5.82 Å². The van der Waals surface area contributed by atoms with Crippen LogP contribution < -0.4 is 16.2 Å². The Morgan fingerprint density at radius 1 is 1.25 bits per heavy atom. The fourth-order valence-electron chi connectivity index (χ4n) is 2.55. The highest BCUT2D eigenvalue weighted by molar-refractivity contribution is 5.93. The number of carbonyl (C=O) groups excluding carboxylic acids is 1. The Morgan fingerprint density at radius 3 is 2.67 bits per heavy atom. The second-order valence-electron chi connectivity index (χ2n) is 5.49. The quantitative estimate of drug-likeness (QED) is 0.786. The van der Waals surface area contributed by atoms with Crippen LogP contribution in [0.3, 0.4) is 0 Å². The number of nitrogens with one attached hydrogen (secondary N) is 3. The van der Waals surface area contributed by atoms with E-state index in [2.05, 4.69) is 15.3 Å². The van der Waals surface area contributed by atoms with Crippen molar-refractivity contribution < 1.29 is 18.0 Å². The number of aryl methyl sites for hydroxylation is 1. The van der Waals surface area contributed by atoms with Gasteiger partial charge in [0.25, 0.3) is 5.56 Å².